The monoisotopic (exact) mass is 662 g/mol. The molecule has 0 fully saturated rings. The number of carbonyl (C=O) groups excluding carboxylic acids is 1. The fourth-order valence-corrected chi connectivity index (χ4v) is 6.41. The van der Waals surface area contributed by atoms with Crippen molar-refractivity contribution in [1.82, 2.24) is 5.32 Å². The van der Waals surface area contributed by atoms with Crippen LogP contribution in [-0.4, -0.2) is 34.9 Å². The van der Waals surface area contributed by atoms with Crippen LogP contribution in [0.1, 0.15) is 226 Å². The minimum absolute atomic E-state index is 0.0641. The van der Waals surface area contributed by atoms with E-state index in [0.717, 1.165) is 25.7 Å². The maximum absolute atomic E-state index is 12.4. The summed E-state index contributed by atoms with van der Waals surface area (Å²) in [5, 5.41) is 23.0. The Balaban J connectivity index is 3.55. The highest BCUT2D eigenvalue weighted by Gasteiger charge is 2.17. The van der Waals surface area contributed by atoms with Gasteiger partial charge in [0.2, 0.25) is 5.91 Å². The normalized spacial score (nSPS) is 13.2. The van der Waals surface area contributed by atoms with E-state index in [1.54, 1.807) is 6.08 Å². The lowest BCUT2D eigenvalue weighted by atomic mass is 10.0. The predicted molar refractivity (Wildman–Crippen MR) is 207 cm³/mol. The second kappa shape index (κ2) is 39.3. The zero-order valence-corrected chi connectivity index (χ0v) is 31.8. The van der Waals surface area contributed by atoms with Crippen LogP contribution in [0.3, 0.4) is 0 Å². The zero-order valence-electron chi connectivity index (χ0n) is 31.8. The Morgan fingerprint density at radius 3 is 1.17 bits per heavy atom. The summed E-state index contributed by atoms with van der Waals surface area (Å²) in [6, 6.07) is -0.618. The molecule has 0 spiro atoms. The van der Waals surface area contributed by atoms with Crippen molar-refractivity contribution in [3.8, 4) is 0 Å². The van der Waals surface area contributed by atoms with Gasteiger partial charge in [0, 0.05) is 6.42 Å². The molecule has 278 valence electrons. The molecule has 0 aliphatic carbocycles. The topological polar surface area (TPSA) is 69.6 Å². The first-order valence-electron chi connectivity index (χ1n) is 21.1. The van der Waals surface area contributed by atoms with Crippen LogP contribution < -0.4 is 5.32 Å². The lowest BCUT2D eigenvalue weighted by Gasteiger charge is -2.20. The Labute approximate surface area is 294 Å². The molecule has 0 aliphatic rings. The highest BCUT2D eigenvalue weighted by molar-refractivity contribution is 5.76. The molecule has 0 radical (unpaired) electrons. The van der Waals surface area contributed by atoms with E-state index in [1.165, 1.54) is 180 Å². The van der Waals surface area contributed by atoms with Crippen molar-refractivity contribution in [2.24, 2.45) is 0 Å². The quantitative estimate of drug-likeness (QED) is 0.0455. The summed E-state index contributed by atoms with van der Waals surface area (Å²) >= 11 is 0. The third kappa shape index (κ3) is 36.0. The SMILES string of the molecule is CCCCCCCC/C=C/CCCCCCCCCCCCCC(=O)N[C@@H](CO)[C@H](O)/C=C/CCCCCCCCCCCCCC. The van der Waals surface area contributed by atoms with Crippen LogP contribution in [-0.2, 0) is 4.79 Å². The highest BCUT2D eigenvalue weighted by atomic mass is 16.3. The largest absolute Gasteiger partial charge is 0.394 e. The number of hydrogen-bond acceptors (Lipinski definition) is 3. The molecule has 2 atom stereocenters. The van der Waals surface area contributed by atoms with Crippen LogP contribution in [0.15, 0.2) is 24.3 Å². The number of hydrogen-bond donors (Lipinski definition) is 3. The van der Waals surface area contributed by atoms with Crippen molar-refractivity contribution in [2.75, 3.05) is 6.61 Å². The second-order valence-corrected chi connectivity index (χ2v) is 14.4. The molecule has 0 aromatic rings. The molecular weight excluding hydrogens is 578 g/mol. The Morgan fingerprint density at radius 2 is 0.809 bits per heavy atom. The molecule has 1 amide bonds. The number of unbranched alkanes of at least 4 members (excludes halogenated alkanes) is 29. The average Bonchev–Trinajstić information content (AvgIpc) is 3.07. The molecule has 0 unspecified atom stereocenters. The number of allylic oxidation sites excluding steroid dienone is 3. The number of aliphatic hydroxyl groups excluding tert-OH is 2. The second-order valence-electron chi connectivity index (χ2n) is 14.4. The van der Waals surface area contributed by atoms with Crippen LogP contribution in [0.25, 0.3) is 0 Å². The van der Waals surface area contributed by atoms with Crippen molar-refractivity contribution in [3.63, 3.8) is 0 Å². The van der Waals surface area contributed by atoms with Gasteiger partial charge in [0.15, 0.2) is 0 Å². The molecule has 4 heteroatoms. The van der Waals surface area contributed by atoms with Gasteiger partial charge in [0.1, 0.15) is 0 Å². The van der Waals surface area contributed by atoms with Gasteiger partial charge in [0.05, 0.1) is 18.8 Å². The van der Waals surface area contributed by atoms with Gasteiger partial charge >= 0.3 is 0 Å². The van der Waals surface area contributed by atoms with Crippen molar-refractivity contribution in [3.05, 3.63) is 24.3 Å². The lowest BCUT2D eigenvalue weighted by molar-refractivity contribution is -0.123. The van der Waals surface area contributed by atoms with E-state index >= 15 is 0 Å². The van der Waals surface area contributed by atoms with Crippen LogP contribution in [0.2, 0.25) is 0 Å². The first kappa shape index (κ1) is 45.9. The Hall–Kier alpha value is -1.13. The molecule has 0 rings (SSSR count). The molecule has 0 saturated carbocycles. The smallest absolute Gasteiger partial charge is 0.220 e. The fraction of sp³-hybridized carbons (Fsp3) is 0.884. The molecule has 3 N–H and O–H groups in total. The van der Waals surface area contributed by atoms with Gasteiger partial charge < -0.3 is 15.5 Å². The summed E-state index contributed by atoms with van der Waals surface area (Å²) in [4.78, 5) is 12.4. The number of rotatable bonds is 38. The van der Waals surface area contributed by atoms with Gasteiger partial charge in [-0.3, -0.25) is 4.79 Å². The molecule has 0 aliphatic heterocycles. The molecule has 0 bridgehead atoms. The van der Waals surface area contributed by atoms with Crippen molar-refractivity contribution < 1.29 is 15.0 Å². The van der Waals surface area contributed by atoms with Gasteiger partial charge in [-0.1, -0.05) is 199 Å². The standard InChI is InChI=1S/C43H83NO3/c1-3-5-7-9-11-13-15-17-19-20-21-22-23-24-25-27-29-31-33-35-37-39-43(47)44-41(40-45)42(46)38-36-34-32-30-28-26-18-16-14-12-10-8-6-4-2/h17,19,36,38,41-42,45-46H,3-16,18,20-35,37,39-40H2,1-2H3,(H,44,47)/b19-17+,38-36+/t41-,42+/m0/s1. The average molecular weight is 662 g/mol. The summed E-state index contributed by atoms with van der Waals surface area (Å²) in [6.45, 7) is 4.31. The molecule has 0 heterocycles. The van der Waals surface area contributed by atoms with Crippen LogP contribution >= 0.6 is 0 Å². The molecule has 0 saturated heterocycles. The van der Waals surface area contributed by atoms with E-state index in [0.29, 0.717) is 6.42 Å². The summed E-state index contributed by atoms with van der Waals surface area (Å²) in [6.07, 6.45) is 49.9. The minimum atomic E-state index is -0.835. The van der Waals surface area contributed by atoms with E-state index < -0.39 is 12.1 Å². The van der Waals surface area contributed by atoms with Gasteiger partial charge in [-0.05, 0) is 44.9 Å². The molecule has 47 heavy (non-hydrogen) atoms. The van der Waals surface area contributed by atoms with E-state index in [2.05, 4.69) is 31.3 Å². The fourth-order valence-electron chi connectivity index (χ4n) is 6.41. The summed E-state index contributed by atoms with van der Waals surface area (Å²) in [5.74, 6) is -0.0641. The zero-order chi connectivity index (χ0) is 34.3. The maximum atomic E-state index is 12.4. The van der Waals surface area contributed by atoms with E-state index in [9.17, 15) is 15.0 Å². The van der Waals surface area contributed by atoms with E-state index in [4.69, 9.17) is 0 Å². The van der Waals surface area contributed by atoms with Gasteiger partial charge in [-0.2, -0.15) is 0 Å². The van der Waals surface area contributed by atoms with Crippen molar-refractivity contribution in [1.29, 1.82) is 0 Å². The Bertz CT molecular complexity index is 676. The van der Waals surface area contributed by atoms with E-state index in [-0.39, 0.29) is 12.5 Å². The van der Waals surface area contributed by atoms with Crippen LogP contribution in [0, 0.1) is 0 Å². The van der Waals surface area contributed by atoms with Crippen LogP contribution in [0.4, 0.5) is 0 Å². The number of carbonyl (C=O) groups is 1. The minimum Gasteiger partial charge on any atom is -0.394 e. The summed E-state index contributed by atoms with van der Waals surface area (Å²) < 4.78 is 0. The van der Waals surface area contributed by atoms with Crippen molar-refractivity contribution >= 4 is 5.91 Å². The summed E-state index contributed by atoms with van der Waals surface area (Å²) in [5.41, 5.74) is 0. The first-order chi connectivity index (χ1) is 23.2. The number of aliphatic hydroxyl groups is 2. The predicted octanol–water partition coefficient (Wildman–Crippen LogP) is 12.8. The lowest BCUT2D eigenvalue weighted by Crippen LogP contribution is -2.45. The number of amides is 1. The van der Waals surface area contributed by atoms with E-state index in [1.807, 2.05) is 6.08 Å². The number of nitrogens with one attached hydrogen (secondary N) is 1. The molecule has 0 aromatic carbocycles. The molecule has 4 nitrogen and oxygen atoms in total. The highest BCUT2D eigenvalue weighted by Crippen LogP contribution is 2.15. The third-order valence-electron chi connectivity index (χ3n) is 9.68. The Kier molecular flexibility index (Phi) is 38.4. The molecular formula is C43H83NO3. The van der Waals surface area contributed by atoms with Gasteiger partial charge in [0.25, 0.3) is 0 Å². The maximum Gasteiger partial charge on any atom is 0.220 e. The first-order valence-corrected chi connectivity index (χ1v) is 21.1. The van der Waals surface area contributed by atoms with Gasteiger partial charge in [-0.25, -0.2) is 0 Å². The van der Waals surface area contributed by atoms with Crippen LogP contribution in [0.5, 0.6) is 0 Å². The molecule has 0 aromatic heterocycles. The third-order valence-corrected chi connectivity index (χ3v) is 9.68. The van der Waals surface area contributed by atoms with Gasteiger partial charge in [-0.15, -0.1) is 0 Å². The van der Waals surface area contributed by atoms with Crippen molar-refractivity contribution in [2.45, 2.75) is 238 Å². The summed E-state index contributed by atoms with van der Waals surface area (Å²) in [7, 11) is 0. The Morgan fingerprint density at radius 1 is 0.489 bits per heavy atom.